The molecule has 1 unspecified atom stereocenters. The average molecular weight is 339 g/mol. The van der Waals surface area contributed by atoms with Crippen LogP contribution in [0.15, 0.2) is 29.6 Å². The summed E-state index contributed by atoms with van der Waals surface area (Å²) in [6, 6.07) is 0.896. The second-order valence-electron chi connectivity index (χ2n) is 5.15. The molecule has 3 aromatic heterocycles. The maximum Gasteiger partial charge on any atom is 0.425 e. The molecule has 0 radical (unpaired) electrons. The molecule has 0 aromatic carbocycles. The molecule has 0 aliphatic rings. The number of pyridine rings is 1. The lowest BCUT2D eigenvalue weighted by Crippen LogP contribution is -2.32. The Balaban J connectivity index is 2.13. The van der Waals surface area contributed by atoms with Gasteiger partial charge in [-0.3, -0.25) is 14.8 Å². The van der Waals surface area contributed by atoms with Gasteiger partial charge in [-0.15, -0.1) is 0 Å². The third-order valence-electron chi connectivity index (χ3n) is 3.30. The Kier molecular flexibility index (Phi) is 3.74. The van der Waals surface area contributed by atoms with E-state index in [1.807, 2.05) is 0 Å². The van der Waals surface area contributed by atoms with E-state index < -0.39 is 23.8 Å². The van der Waals surface area contributed by atoms with E-state index in [1.54, 1.807) is 17.8 Å². The van der Waals surface area contributed by atoms with Crippen molar-refractivity contribution in [2.45, 2.75) is 19.2 Å². The zero-order valence-corrected chi connectivity index (χ0v) is 12.6. The molecule has 0 aliphatic carbocycles. The fourth-order valence-corrected chi connectivity index (χ4v) is 2.06. The maximum absolute atomic E-state index is 12.6. The third-order valence-corrected chi connectivity index (χ3v) is 3.30. The second kappa shape index (κ2) is 5.62. The van der Waals surface area contributed by atoms with Gasteiger partial charge in [-0.1, -0.05) is 0 Å². The number of aromatic nitrogens is 5. The van der Waals surface area contributed by atoms with E-state index >= 15 is 0 Å². The van der Waals surface area contributed by atoms with Crippen molar-refractivity contribution < 1.29 is 17.9 Å². The van der Waals surface area contributed by atoms with Gasteiger partial charge >= 0.3 is 6.18 Å². The van der Waals surface area contributed by atoms with Gasteiger partial charge in [0.25, 0.3) is 11.6 Å². The number of rotatable bonds is 3. The van der Waals surface area contributed by atoms with Gasteiger partial charge in [0.2, 0.25) is 0 Å². The first-order chi connectivity index (χ1) is 11.3. The van der Waals surface area contributed by atoms with Gasteiger partial charge in [-0.2, -0.15) is 18.2 Å². The molecule has 3 aromatic rings. The van der Waals surface area contributed by atoms with E-state index in [0.717, 1.165) is 6.92 Å². The summed E-state index contributed by atoms with van der Waals surface area (Å²) in [5, 5.41) is 0.178. The number of hydrogen-bond acceptors (Lipinski definition) is 5. The third kappa shape index (κ3) is 2.94. The Hall–Kier alpha value is -2.91. The molecule has 0 aliphatic heterocycles. The highest BCUT2D eigenvalue weighted by Gasteiger charge is 2.38. The summed E-state index contributed by atoms with van der Waals surface area (Å²) in [6.07, 6.45) is -2.10. The van der Waals surface area contributed by atoms with Gasteiger partial charge in [0.05, 0.1) is 11.7 Å². The molecule has 0 fully saturated rings. The monoisotopic (exact) mass is 339 g/mol. The minimum atomic E-state index is -4.58. The lowest BCUT2D eigenvalue weighted by atomic mass is 10.2. The normalized spacial score (nSPS) is 13.2. The summed E-state index contributed by atoms with van der Waals surface area (Å²) in [5.41, 5.74) is 0.216. The van der Waals surface area contributed by atoms with Crippen LogP contribution >= 0.6 is 0 Å². The van der Waals surface area contributed by atoms with Gasteiger partial charge in [-0.25, -0.2) is 4.98 Å². The number of alkyl halides is 3. The van der Waals surface area contributed by atoms with Crippen LogP contribution in [0.2, 0.25) is 0 Å². The molecular formula is C14H12F3N5O2. The van der Waals surface area contributed by atoms with Crippen LogP contribution in [-0.2, 0) is 7.05 Å². The smallest absolute Gasteiger partial charge is 0.425 e. The molecule has 0 amide bonds. The molecule has 0 bridgehead atoms. The molecule has 0 spiro atoms. The van der Waals surface area contributed by atoms with Crippen molar-refractivity contribution in [3.05, 3.63) is 35.1 Å². The van der Waals surface area contributed by atoms with Crippen molar-refractivity contribution in [2.75, 3.05) is 0 Å². The van der Waals surface area contributed by atoms with Crippen LogP contribution in [0.4, 0.5) is 13.2 Å². The summed E-state index contributed by atoms with van der Waals surface area (Å²) in [6.45, 7) is 0.826. The molecule has 1 atom stereocenters. The number of hydrogen-bond donors (Lipinski definition) is 1. The molecule has 3 rings (SSSR count). The topological polar surface area (TPSA) is 85.7 Å². The fraction of sp³-hybridized carbons (Fsp3) is 0.286. The van der Waals surface area contributed by atoms with Crippen LogP contribution in [0.1, 0.15) is 6.92 Å². The largest absolute Gasteiger partial charge is 0.452 e. The van der Waals surface area contributed by atoms with Crippen LogP contribution in [0, 0.1) is 0 Å². The Labute approximate surface area is 133 Å². The highest BCUT2D eigenvalue weighted by molar-refractivity contribution is 5.89. The zero-order chi connectivity index (χ0) is 17.5. The lowest BCUT2D eigenvalue weighted by Gasteiger charge is -2.16. The van der Waals surface area contributed by atoms with Crippen molar-refractivity contribution in [1.29, 1.82) is 0 Å². The first kappa shape index (κ1) is 16.0. The number of imidazole rings is 1. The van der Waals surface area contributed by atoms with E-state index in [0.29, 0.717) is 5.69 Å². The van der Waals surface area contributed by atoms with E-state index in [1.165, 1.54) is 18.6 Å². The van der Waals surface area contributed by atoms with Gasteiger partial charge < -0.3 is 9.30 Å². The first-order valence-corrected chi connectivity index (χ1v) is 6.86. The number of halogens is 3. The molecular weight excluding hydrogens is 327 g/mol. The first-order valence-electron chi connectivity index (χ1n) is 6.86. The Morgan fingerprint density at radius 2 is 2.08 bits per heavy atom. The van der Waals surface area contributed by atoms with Gasteiger partial charge in [0, 0.05) is 19.4 Å². The minimum absolute atomic E-state index is 0.115. The van der Waals surface area contributed by atoms with Crippen molar-refractivity contribution in [2.24, 2.45) is 7.05 Å². The summed E-state index contributed by atoms with van der Waals surface area (Å²) >= 11 is 0. The van der Waals surface area contributed by atoms with E-state index in [-0.39, 0.29) is 16.6 Å². The highest BCUT2D eigenvalue weighted by Crippen LogP contribution is 2.25. The predicted octanol–water partition coefficient (Wildman–Crippen LogP) is 2.05. The molecule has 126 valence electrons. The SMILES string of the molecule is CC(Oc1nc2c(-c3cn(C)cn3)nccc2c(=O)[nH]1)C(F)(F)F. The second-order valence-corrected chi connectivity index (χ2v) is 5.15. The van der Waals surface area contributed by atoms with E-state index in [9.17, 15) is 18.0 Å². The van der Waals surface area contributed by atoms with E-state index in [4.69, 9.17) is 4.74 Å². The summed E-state index contributed by atoms with van der Waals surface area (Å²) in [7, 11) is 1.75. The molecule has 7 nitrogen and oxygen atoms in total. The number of nitrogens with zero attached hydrogens (tertiary/aromatic N) is 4. The van der Waals surface area contributed by atoms with Crippen LogP contribution in [0.25, 0.3) is 22.3 Å². The van der Waals surface area contributed by atoms with Crippen LogP contribution < -0.4 is 10.3 Å². The molecule has 0 saturated carbocycles. The van der Waals surface area contributed by atoms with Crippen molar-refractivity contribution >= 4 is 10.9 Å². The molecule has 24 heavy (non-hydrogen) atoms. The number of nitrogens with one attached hydrogen (secondary N) is 1. The number of aromatic amines is 1. The quantitative estimate of drug-likeness (QED) is 0.789. The standard InChI is InChI=1S/C14H12F3N5O2/c1-7(14(15,16)17)24-13-20-10-8(12(23)21-13)3-4-18-11(10)9-5-22(2)6-19-9/h3-7H,1-2H3,(H,20,21,23). The van der Waals surface area contributed by atoms with Crippen molar-refractivity contribution in [3.8, 4) is 17.4 Å². The summed E-state index contributed by atoms with van der Waals surface area (Å²) in [5.74, 6) is 0. The molecule has 1 N–H and O–H groups in total. The minimum Gasteiger partial charge on any atom is -0.452 e. The Morgan fingerprint density at radius 1 is 1.33 bits per heavy atom. The van der Waals surface area contributed by atoms with Crippen molar-refractivity contribution in [1.82, 2.24) is 24.5 Å². The van der Waals surface area contributed by atoms with E-state index in [2.05, 4.69) is 19.9 Å². The van der Waals surface area contributed by atoms with Crippen LogP contribution in [-0.4, -0.2) is 36.8 Å². The Morgan fingerprint density at radius 3 is 2.71 bits per heavy atom. The summed E-state index contributed by atoms with van der Waals surface area (Å²) in [4.78, 5) is 26.5. The van der Waals surface area contributed by atoms with Crippen LogP contribution in [0.3, 0.4) is 0 Å². The van der Waals surface area contributed by atoms with Gasteiger partial charge in [0.15, 0.2) is 6.10 Å². The number of H-pyrrole nitrogens is 1. The maximum atomic E-state index is 12.6. The Bertz CT molecular complexity index is 947. The zero-order valence-electron chi connectivity index (χ0n) is 12.6. The molecule has 10 heteroatoms. The van der Waals surface area contributed by atoms with Crippen LogP contribution in [0.5, 0.6) is 6.01 Å². The molecule has 0 saturated heterocycles. The average Bonchev–Trinajstić information content (AvgIpc) is 2.92. The predicted molar refractivity (Wildman–Crippen MR) is 78.5 cm³/mol. The van der Waals surface area contributed by atoms with Crippen molar-refractivity contribution in [3.63, 3.8) is 0 Å². The fourth-order valence-electron chi connectivity index (χ4n) is 2.06. The number of ether oxygens (including phenoxy) is 1. The highest BCUT2D eigenvalue weighted by atomic mass is 19.4. The number of fused-ring (bicyclic) bond motifs is 1. The van der Waals surface area contributed by atoms with Gasteiger partial charge in [-0.05, 0) is 13.0 Å². The number of aryl methyl sites for hydroxylation is 1. The molecule has 3 heterocycles. The van der Waals surface area contributed by atoms with Gasteiger partial charge in [0.1, 0.15) is 16.9 Å². The summed E-state index contributed by atoms with van der Waals surface area (Å²) < 4.78 is 44.3. The lowest BCUT2D eigenvalue weighted by molar-refractivity contribution is -0.190.